The monoisotopic (exact) mass is 334 g/mol. The Bertz CT molecular complexity index is 456. The van der Waals surface area contributed by atoms with E-state index in [9.17, 15) is 9.18 Å². The van der Waals surface area contributed by atoms with Crippen LogP contribution in [0.1, 0.15) is 19.3 Å². The first-order valence-corrected chi connectivity index (χ1v) is 6.84. The number of halogens is 3. The number of nitrogens with two attached hydrogens (primary N) is 1. The van der Waals surface area contributed by atoms with E-state index in [1.807, 2.05) is 0 Å². The van der Waals surface area contributed by atoms with Gasteiger partial charge in [-0.25, -0.2) is 4.39 Å². The number of anilines is 1. The van der Waals surface area contributed by atoms with Gasteiger partial charge in [0.15, 0.2) is 0 Å². The summed E-state index contributed by atoms with van der Waals surface area (Å²) in [7, 11) is 0. The van der Waals surface area contributed by atoms with Crippen molar-refractivity contribution in [3.8, 4) is 0 Å². The van der Waals surface area contributed by atoms with Crippen molar-refractivity contribution in [2.24, 2.45) is 11.7 Å². The Kier molecular flexibility index (Phi) is 4.25. The fourth-order valence-corrected chi connectivity index (χ4v) is 2.66. The second-order valence-electron chi connectivity index (χ2n) is 4.50. The van der Waals surface area contributed by atoms with Crippen LogP contribution in [0, 0.1) is 11.7 Å². The highest BCUT2D eigenvalue weighted by Gasteiger charge is 2.30. The first-order valence-electron chi connectivity index (χ1n) is 5.67. The zero-order chi connectivity index (χ0) is 13.3. The topological polar surface area (TPSA) is 55.1 Å². The summed E-state index contributed by atoms with van der Waals surface area (Å²) in [5, 5.41) is 2.82. The Balaban J connectivity index is 2.02. The predicted molar refractivity (Wildman–Crippen MR) is 73.1 cm³/mol. The van der Waals surface area contributed by atoms with Gasteiger partial charge in [-0.15, -0.1) is 0 Å². The van der Waals surface area contributed by atoms with E-state index >= 15 is 0 Å². The maximum Gasteiger partial charge on any atom is 0.226 e. The Hall–Kier alpha value is -0.650. The molecule has 0 radical (unpaired) electrons. The van der Waals surface area contributed by atoms with Gasteiger partial charge in [-0.2, -0.15) is 0 Å². The van der Waals surface area contributed by atoms with Gasteiger partial charge in [-0.3, -0.25) is 4.79 Å². The molecule has 0 heterocycles. The average Bonchev–Trinajstić information content (AvgIpc) is 3.06. The average molecular weight is 336 g/mol. The van der Waals surface area contributed by atoms with E-state index in [2.05, 4.69) is 21.2 Å². The standard InChI is InChI=1S/C12H13BrClFN2O/c13-8-3-7(15)4-9(14)12(8)17-11(18)5-10(16)6-1-2-6/h3-4,6,10H,1-2,5,16H2,(H,17,18). The molecular weight excluding hydrogens is 323 g/mol. The van der Waals surface area contributed by atoms with Crippen LogP contribution in [0.3, 0.4) is 0 Å². The van der Waals surface area contributed by atoms with Crippen LogP contribution in [0.4, 0.5) is 10.1 Å². The summed E-state index contributed by atoms with van der Waals surface area (Å²) in [4.78, 5) is 11.8. The largest absolute Gasteiger partial charge is 0.327 e. The highest BCUT2D eigenvalue weighted by Crippen LogP contribution is 2.34. The third-order valence-corrected chi connectivity index (χ3v) is 3.84. The molecule has 0 bridgehead atoms. The first-order chi connectivity index (χ1) is 8.47. The van der Waals surface area contributed by atoms with Crippen LogP contribution in [0.15, 0.2) is 16.6 Å². The molecule has 98 valence electrons. The molecular formula is C12H13BrClFN2O. The lowest BCUT2D eigenvalue weighted by atomic mass is 10.1. The van der Waals surface area contributed by atoms with Crippen molar-refractivity contribution >= 4 is 39.1 Å². The second-order valence-corrected chi connectivity index (χ2v) is 5.76. The highest BCUT2D eigenvalue weighted by atomic mass is 79.9. The van der Waals surface area contributed by atoms with E-state index in [1.165, 1.54) is 6.07 Å². The molecule has 0 saturated heterocycles. The molecule has 0 aromatic heterocycles. The lowest BCUT2D eigenvalue weighted by Gasteiger charge is -2.12. The Morgan fingerprint density at radius 1 is 1.61 bits per heavy atom. The Morgan fingerprint density at radius 3 is 2.83 bits per heavy atom. The molecule has 1 aliphatic carbocycles. The van der Waals surface area contributed by atoms with E-state index in [0.29, 0.717) is 16.1 Å². The number of carbonyl (C=O) groups is 1. The van der Waals surface area contributed by atoms with E-state index in [-0.39, 0.29) is 23.4 Å². The van der Waals surface area contributed by atoms with Gasteiger partial charge in [0.1, 0.15) is 5.82 Å². The summed E-state index contributed by atoms with van der Waals surface area (Å²) in [5.41, 5.74) is 6.25. The molecule has 1 fully saturated rings. The summed E-state index contributed by atoms with van der Waals surface area (Å²) >= 11 is 9.04. The Labute approximate surface area is 118 Å². The third kappa shape index (κ3) is 3.43. The van der Waals surface area contributed by atoms with Crippen LogP contribution < -0.4 is 11.1 Å². The molecule has 2 rings (SSSR count). The molecule has 3 nitrogen and oxygen atoms in total. The van der Waals surface area contributed by atoms with Crippen molar-refractivity contribution in [3.05, 3.63) is 27.4 Å². The summed E-state index contributed by atoms with van der Waals surface area (Å²) < 4.78 is 13.4. The van der Waals surface area contributed by atoms with Crippen molar-refractivity contribution in [2.45, 2.75) is 25.3 Å². The molecule has 0 spiro atoms. The van der Waals surface area contributed by atoms with Crippen molar-refractivity contribution < 1.29 is 9.18 Å². The molecule has 1 saturated carbocycles. The normalized spacial score (nSPS) is 16.4. The van der Waals surface area contributed by atoms with Gasteiger partial charge >= 0.3 is 0 Å². The molecule has 6 heteroatoms. The zero-order valence-electron chi connectivity index (χ0n) is 9.55. The lowest BCUT2D eigenvalue weighted by Crippen LogP contribution is -2.29. The summed E-state index contributed by atoms with van der Waals surface area (Å²) in [6, 6.07) is 2.30. The number of nitrogens with one attached hydrogen (secondary N) is 1. The SMILES string of the molecule is NC(CC(=O)Nc1c(Cl)cc(F)cc1Br)C1CC1. The number of hydrogen-bond acceptors (Lipinski definition) is 2. The van der Waals surface area contributed by atoms with E-state index in [4.69, 9.17) is 17.3 Å². The smallest absolute Gasteiger partial charge is 0.226 e. The fraction of sp³-hybridized carbons (Fsp3) is 0.417. The fourth-order valence-electron chi connectivity index (χ4n) is 1.76. The number of carbonyl (C=O) groups excluding carboxylic acids is 1. The van der Waals surface area contributed by atoms with Gasteiger partial charge < -0.3 is 11.1 Å². The van der Waals surface area contributed by atoms with Crippen LogP contribution in [-0.4, -0.2) is 11.9 Å². The molecule has 0 aliphatic heterocycles. The van der Waals surface area contributed by atoms with Crippen molar-refractivity contribution in [1.29, 1.82) is 0 Å². The molecule has 1 atom stereocenters. The predicted octanol–water partition coefficient (Wildman–Crippen LogP) is 3.31. The first kappa shape index (κ1) is 13.8. The van der Waals surface area contributed by atoms with Crippen LogP contribution in [0.5, 0.6) is 0 Å². The lowest BCUT2D eigenvalue weighted by molar-refractivity contribution is -0.116. The number of hydrogen-bond donors (Lipinski definition) is 2. The molecule has 3 N–H and O–H groups in total. The summed E-state index contributed by atoms with van der Waals surface area (Å²) in [5.74, 6) is -0.203. The minimum atomic E-state index is -0.459. The minimum Gasteiger partial charge on any atom is -0.327 e. The van der Waals surface area contributed by atoms with Crippen molar-refractivity contribution in [2.75, 3.05) is 5.32 Å². The molecule has 1 amide bonds. The Morgan fingerprint density at radius 2 is 2.28 bits per heavy atom. The van der Waals surface area contributed by atoms with Crippen LogP contribution in [0.2, 0.25) is 5.02 Å². The molecule has 1 aromatic rings. The van der Waals surface area contributed by atoms with Crippen LogP contribution >= 0.6 is 27.5 Å². The van der Waals surface area contributed by atoms with Gasteiger partial charge in [0.2, 0.25) is 5.91 Å². The highest BCUT2D eigenvalue weighted by molar-refractivity contribution is 9.10. The van der Waals surface area contributed by atoms with Crippen LogP contribution in [-0.2, 0) is 4.79 Å². The van der Waals surface area contributed by atoms with E-state index < -0.39 is 5.82 Å². The van der Waals surface area contributed by atoms with Gasteiger partial charge in [0.05, 0.1) is 10.7 Å². The quantitative estimate of drug-likeness (QED) is 0.887. The van der Waals surface area contributed by atoms with Crippen molar-refractivity contribution in [1.82, 2.24) is 0 Å². The summed E-state index contributed by atoms with van der Waals surface area (Å²) in [6.45, 7) is 0. The molecule has 1 unspecified atom stereocenters. The summed E-state index contributed by atoms with van der Waals surface area (Å²) in [6.07, 6.45) is 2.44. The number of benzene rings is 1. The van der Waals surface area contributed by atoms with Gasteiger partial charge in [-0.1, -0.05) is 11.6 Å². The molecule has 1 aromatic carbocycles. The van der Waals surface area contributed by atoms with Gasteiger partial charge in [0, 0.05) is 16.9 Å². The molecule has 18 heavy (non-hydrogen) atoms. The maximum atomic E-state index is 13.0. The zero-order valence-corrected chi connectivity index (χ0v) is 11.9. The third-order valence-electron chi connectivity index (χ3n) is 2.92. The van der Waals surface area contributed by atoms with E-state index in [0.717, 1.165) is 18.9 Å². The van der Waals surface area contributed by atoms with Crippen LogP contribution in [0.25, 0.3) is 0 Å². The van der Waals surface area contributed by atoms with Gasteiger partial charge in [0.25, 0.3) is 0 Å². The molecule has 1 aliphatic rings. The second kappa shape index (κ2) is 5.55. The van der Waals surface area contributed by atoms with Crippen molar-refractivity contribution in [3.63, 3.8) is 0 Å². The number of amides is 1. The van der Waals surface area contributed by atoms with Gasteiger partial charge in [-0.05, 0) is 46.8 Å². The maximum absolute atomic E-state index is 13.0. The number of rotatable bonds is 4. The van der Waals surface area contributed by atoms with E-state index in [1.54, 1.807) is 0 Å². The minimum absolute atomic E-state index is 0.108.